The van der Waals surface area contributed by atoms with Crippen molar-refractivity contribution >= 4 is 21.7 Å². The van der Waals surface area contributed by atoms with Crippen LogP contribution in [-0.2, 0) is 0 Å². The Hall–Kier alpha value is -0.740. The average molecular weight is 330 g/mol. The highest BCUT2D eigenvalue weighted by atomic mass is 79.9. The van der Waals surface area contributed by atoms with E-state index < -0.39 is 5.82 Å². The van der Waals surface area contributed by atoms with E-state index >= 15 is 0 Å². The average Bonchev–Trinajstić information content (AvgIpc) is 2.39. The number of carbonyl (C=O) groups is 1. The molecule has 0 bridgehead atoms. The van der Waals surface area contributed by atoms with Crippen molar-refractivity contribution in [1.82, 2.24) is 0 Å². The number of halogens is 2. The van der Waals surface area contributed by atoms with Gasteiger partial charge in [-0.1, -0.05) is 35.7 Å². The summed E-state index contributed by atoms with van der Waals surface area (Å²) in [5, 5.41) is 0. The fourth-order valence-electron chi connectivity index (χ4n) is 2.26. The Kier molecular flexibility index (Phi) is 7.24. The first-order valence-electron chi connectivity index (χ1n) is 6.76. The zero-order valence-corrected chi connectivity index (χ0v) is 12.9. The van der Waals surface area contributed by atoms with Crippen LogP contribution >= 0.6 is 15.9 Å². The van der Waals surface area contributed by atoms with Crippen molar-refractivity contribution in [3.05, 3.63) is 34.1 Å². The second kappa shape index (κ2) is 8.43. The Bertz CT molecular complexity index is 417. The zero-order chi connectivity index (χ0) is 14.3. The lowest BCUT2D eigenvalue weighted by Gasteiger charge is -2.14. The standard InChI is InChI=1S/C15H21BrFNO/c1-2-3-11(8-9-18)4-7-15(19)13-10-12(16)5-6-14(13)17/h5-6,10-11H,2-4,7-9,18H2,1H3. The number of carbonyl (C=O) groups excluding carboxylic acids is 1. The SMILES string of the molecule is CCCC(CCN)CCC(=O)c1cc(Br)ccc1F. The summed E-state index contributed by atoms with van der Waals surface area (Å²) in [5.41, 5.74) is 5.75. The van der Waals surface area contributed by atoms with Gasteiger partial charge in [0.25, 0.3) is 0 Å². The predicted molar refractivity (Wildman–Crippen MR) is 79.7 cm³/mol. The second-order valence-corrected chi connectivity index (χ2v) is 5.73. The van der Waals surface area contributed by atoms with Gasteiger partial charge >= 0.3 is 0 Å². The number of hydrogen-bond acceptors (Lipinski definition) is 2. The number of nitrogens with two attached hydrogens (primary N) is 1. The van der Waals surface area contributed by atoms with Crippen molar-refractivity contribution in [1.29, 1.82) is 0 Å². The largest absolute Gasteiger partial charge is 0.330 e. The van der Waals surface area contributed by atoms with Gasteiger partial charge < -0.3 is 5.73 Å². The van der Waals surface area contributed by atoms with Crippen LogP contribution in [0, 0.1) is 11.7 Å². The van der Waals surface area contributed by atoms with Crippen molar-refractivity contribution in [2.45, 2.75) is 39.0 Å². The molecule has 106 valence electrons. The lowest BCUT2D eigenvalue weighted by molar-refractivity contribution is 0.0968. The van der Waals surface area contributed by atoms with Gasteiger partial charge in [-0.3, -0.25) is 4.79 Å². The molecule has 19 heavy (non-hydrogen) atoms. The Balaban J connectivity index is 2.61. The van der Waals surface area contributed by atoms with Crippen molar-refractivity contribution in [2.75, 3.05) is 6.54 Å². The van der Waals surface area contributed by atoms with Crippen LogP contribution in [0.3, 0.4) is 0 Å². The molecule has 0 amide bonds. The molecule has 0 fully saturated rings. The lowest BCUT2D eigenvalue weighted by atomic mass is 9.92. The van der Waals surface area contributed by atoms with Crippen LogP contribution in [0.5, 0.6) is 0 Å². The van der Waals surface area contributed by atoms with Gasteiger partial charge in [-0.2, -0.15) is 0 Å². The number of rotatable bonds is 8. The van der Waals surface area contributed by atoms with Crippen molar-refractivity contribution < 1.29 is 9.18 Å². The number of hydrogen-bond donors (Lipinski definition) is 1. The summed E-state index contributed by atoms with van der Waals surface area (Å²) in [6, 6.07) is 4.47. The van der Waals surface area contributed by atoms with Crippen molar-refractivity contribution in [3.8, 4) is 0 Å². The van der Waals surface area contributed by atoms with Gasteiger partial charge in [0.1, 0.15) is 5.82 Å². The van der Waals surface area contributed by atoms with E-state index in [1.807, 2.05) is 0 Å². The van der Waals surface area contributed by atoms with Gasteiger partial charge in [0.2, 0.25) is 0 Å². The second-order valence-electron chi connectivity index (χ2n) is 4.82. The number of benzene rings is 1. The predicted octanol–water partition coefficient (Wildman–Crippen LogP) is 4.32. The molecular formula is C15H21BrFNO. The summed E-state index contributed by atoms with van der Waals surface area (Å²) in [6.07, 6.45) is 4.27. The molecular weight excluding hydrogens is 309 g/mol. The molecule has 0 saturated heterocycles. The van der Waals surface area contributed by atoms with E-state index in [1.54, 1.807) is 12.1 Å². The molecule has 0 aliphatic rings. The number of Topliss-reactive ketones (excluding diaryl/α,β-unsaturated/α-hetero) is 1. The molecule has 0 aliphatic heterocycles. The Morgan fingerprint density at radius 1 is 1.37 bits per heavy atom. The van der Waals surface area contributed by atoms with Gasteiger partial charge in [0.15, 0.2) is 5.78 Å². The highest BCUT2D eigenvalue weighted by Crippen LogP contribution is 2.21. The molecule has 1 unspecified atom stereocenters. The van der Waals surface area contributed by atoms with Crippen LogP contribution in [0.15, 0.2) is 22.7 Å². The summed E-state index contributed by atoms with van der Waals surface area (Å²) < 4.78 is 14.3. The van der Waals surface area contributed by atoms with Crippen LogP contribution < -0.4 is 5.73 Å². The maximum absolute atomic E-state index is 13.6. The third-order valence-electron chi connectivity index (χ3n) is 3.28. The fraction of sp³-hybridized carbons (Fsp3) is 0.533. The Morgan fingerprint density at radius 3 is 2.74 bits per heavy atom. The van der Waals surface area contributed by atoms with Gasteiger partial charge in [-0.15, -0.1) is 0 Å². The molecule has 0 aliphatic carbocycles. The molecule has 2 nitrogen and oxygen atoms in total. The first-order chi connectivity index (χ1) is 9.08. The van der Waals surface area contributed by atoms with E-state index in [0.29, 0.717) is 18.9 Å². The van der Waals surface area contributed by atoms with Crippen LogP contribution in [0.4, 0.5) is 4.39 Å². The van der Waals surface area contributed by atoms with E-state index in [4.69, 9.17) is 5.73 Å². The molecule has 2 N–H and O–H groups in total. The zero-order valence-electron chi connectivity index (χ0n) is 11.3. The van der Waals surface area contributed by atoms with E-state index in [2.05, 4.69) is 22.9 Å². The van der Waals surface area contributed by atoms with Crippen LogP contribution in [0.1, 0.15) is 49.4 Å². The molecule has 1 rings (SSSR count). The fourth-order valence-corrected chi connectivity index (χ4v) is 2.62. The van der Waals surface area contributed by atoms with Gasteiger partial charge in [0, 0.05) is 10.9 Å². The summed E-state index contributed by atoms with van der Waals surface area (Å²) in [5.74, 6) is -0.106. The molecule has 1 aromatic carbocycles. The maximum atomic E-state index is 13.6. The summed E-state index contributed by atoms with van der Waals surface area (Å²) >= 11 is 3.26. The van der Waals surface area contributed by atoms with Crippen LogP contribution in [0.2, 0.25) is 0 Å². The lowest BCUT2D eigenvalue weighted by Crippen LogP contribution is -2.11. The van der Waals surface area contributed by atoms with E-state index in [1.165, 1.54) is 6.07 Å². The molecule has 0 saturated carbocycles. The minimum Gasteiger partial charge on any atom is -0.330 e. The molecule has 0 radical (unpaired) electrons. The molecule has 1 aromatic rings. The summed E-state index contributed by atoms with van der Waals surface area (Å²) in [7, 11) is 0. The van der Waals surface area contributed by atoms with Gasteiger partial charge in [-0.05, 0) is 43.5 Å². The monoisotopic (exact) mass is 329 g/mol. The number of ketones is 1. The molecule has 0 aromatic heterocycles. The first-order valence-corrected chi connectivity index (χ1v) is 7.56. The Labute approximate surface area is 122 Å². The smallest absolute Gasteiger partial charge is 0.165 e. The van der Waals surface area contributed by atoms with Crippen LogP contribution in [0.25, 0.3) is 0 Å². The highest BCUT2D eigenvalue weighted by Gasteiger charge is 2.15. The van der Waals surface area contributed by atoms with Crippen molar-refractivity contribution in [2.24, 2.45) is 11.7 Å². The highest BCUT2D eigenvalue weighted by molar-refractivity contribution is 9.10. The topological polar surface area (TPSA) is 43.1 Å². The van der Waals surface area contributed by atoms with E-state index in [-0.39, 0.29) is 11.3 Å². The minimum atomic E-state index is -0.445. The van der Waals surface area contributed by atoms with E-state index in [9.17, 15) is 9.18 Å². The Morgan fingerprint density at radius 2 is 2.11 bits per heavy atom. The van der Waals surface area contributed by atoms with Crippen LogP contribution in [-0.4, -0.2) is 12.3 Å². The first kappa shape index (κ1) is 16.3. The van der Waals surface area contributed by atoms with Crippen molar-refractivity contribution in [3.63, 3.8) is 0 Å². The minimum absolute atomic E-state index is 0.128. The summed E-state index contributed by atoms with van der Waals surface area (Å²) in [6.45, 7) is 2.77. The molecule has 1 atom stereocenters. The molecule has 0 spiro atoms. The normalized spacial score (nSPS) is 12.4. The third-order valence-corrected chi connectivity index (χ3v) is 3.77. The maximum Gasteiger partial charge on any atom is 0.165 e. The van der Waals surface area contributed by atoms with Gasteiger partial charge in [0.05, 0.1) is 5.56 Å². The third kappa shape index (κ3) is 5.41. The quantitative estimate of drug-likeness (QED) is 0.722. The summed E-state index contributed by atoms with van der Waals surface area (Å²) in [4.78, 5) is 12.0. The van der Waals surface area contributed by atoms with Gasteiger partial charge in [-0.25, -0.2) is 4.39 Å². The molecule has 4 heteroatoms. The molecule has 0 heterocycles. The van der Waals surface area contributed by atoms with E-state index in [0.717, 1.165) is 30.2 Å².